The fraction of sp³-hybridized carbons (Fsp3) is 0.333. The Kier molecular flexibility index (Phi) is 3.29. The molecule has 21 heavy (non-hydrogen) atoms. The predicted octanol–water partition coefficient (Wildman–Crippen LogP) is 1.91. The molecule has 0 unspecified atom stereocenters. The Hall–Kier alpha value is -2.50. The first kappa shape index (κ1) is 13.5. The molecule has 0 amide bonds. The number of anilines is 1. The predicted molar refractivity (Wildman–Crippen MR) is 79.8 cm³/mol. The zero-order valence-electron chi connectivity index (χ0n) is 12.0. The highest BCUT2D eigenvalue weighted by molar-refractivity contribution is 5.73. The molecule has 0 fully saturated rings. The number of aromatic nitrogens is 2. The Balaban J connectivity index is 2.12. The molecule has 1 aliphatic heterocycles. The largest absolute Gasteiger partial charge is 0.486 e. The number of nitrogens with two attached hydrogens (primary N) is 1. The van der Waals surface area contributed by atoms with Gasteiger partial charge in [0.15, 0.2) is 11.5 Å². The second-order valence-corrected chi connectivity index (χ2v) is 5.26. The topological polar surface area (TPSA) is 90.2 Å². The number of benzene rings is 1. The summed E-state index contributed by atoms with van der Waals surface area (Å²) in [6, 6.07) is 5.01. The Morgan fingerprint density at radius 2 is 2.00 bits per heavy atom. The molecule has 0 saturated carbocycles. The molecule has 110 valence electrons. The zero-order chi connectivity index (χ0) is 15.0. The van der Waals surface area contributed by atoms with E-state index in [1.165, 1.54) is 6.07 Å². The lowest BCUT2D eigenvalue weighted by atomic mass is 10.1. The van der Waals surface area contributed by atoms with Crippen LogP contribution in [0.25, 0.3) is 11.3 Å². The molecule has 0 atom stereocenters. The van der Waals surface area contributed by atoms with Gasteiger partial charge in [-0.2, -0.15) is 0 Å². The summed E-state index contributed by atoms with van der Waals surface area (Å²) >= 11 is 0. The van der Waals surface area contributed by atoms with E-state index in [1.807, 2.05) is 13.8 Å². The molecule has 0 spiro atoms. The number of rotatable bonds is 2. The lowest BCUT2D eigenvalue weighted by Crippen LogP contribution is -2.17. The van der Waals surface area contributed by atoms with Gasteiger partial charge in [-0.1, -0.05) is 13.8 Å². The van der Waals surface area contributed by atoms with Crippen molar-refractivity contribution in [2.75, 3.05) is 18.9 Å². The fourth-order valence-electron chi connectivity index (χ4n) is 2.23. The maximum absolute atomic E-state index is 11.8. The third-order valence-electron chi connectivity index (χ3n) is 3.27. The van der Waals surface area contributed by atoms with Gasteiger partial charge in [0.05, 0.1) is 11.4 Å². The van der Waals surface area contributed by atoms with E-state index in [4.69, 9.17) is 15.2 Å². The van der Waals surface area contributed by atoms with Crippen LogP contribution < -0.4 is 20.8 Å². The highest BCUT2D eigenvalue weighted by Gasteiger charge is 2.17. The number of ether oxygens (including phenoxy) is 2. The van der Waals surface area contributed by atoms with Crippen LogP contribution in [0.15, 0.2) is 23.0 Å². The van der Waals surface area contributed by atoms with Crippen LogP contribution in [0.4, 0.5) is 5.69 Å². The number of nitrogens with one attached hydrogen (secondary N) is 1. The van der Waals surface area contributed by atoms with Gasteiger partial charge in [0, 0.05) is 17.5 Å². The average molecular weight is 287 g/mol. The van der Waals surface area contributed by atoms with Crippen molar-refractivity contribution in [1.82, 2.24) is 9.97 Å². The summed E-state index contributed by atoms with van der Waals surface area (Å²) in [4.78, 5) is 19.0. The molecular weight excluding hydrogens is 270 g/mol. The van der Waals surface area contributed by atoms with Gasteiger partial charge < -0.3 is 20.2 Å². The van der Waals surface area contributed by atoms with Crippen molar-refractivity contribution >= 4 is 5.69 Å². The molecule has 6 nitrogen and oxygen atoms in total. The number of hydrogen-bond donors (Lipinski definition) is 2. The molecule has 6 heteroatoms. The molecule has 0 saturated heterocycles. The summed E-state index contributed by atoms with van der Waals surface area (Å²) in [7, 11) is 0. The maximum Gasteiger partial charge on any atom is 0.251 e. The van der Waals surface area contributed by atoms with E-state index >= 15 is 0 Å². The van der Waals surface area contributed by atoms with Crippen molar-refractivity contribution in [3.05, 3.63) is 34.4 Å². The van der Waals surface area contributed by atoms with Crippen LogP contribution >= 0.6 is 0 Å². The molecule has 0 bridgehead atoms. The van der Waals surface area contributed by atoms with Gasteiger partial charge in [0.25, 0.3) is 5.56 Å². The Morgan fingerprint density at radius 3 is 2.76 bits per heavy atom. The molecule has 1 aromatic heterocycles. The molecule has 3 N–H and O–H groups in total. The van der Waals surface area contributed by atoms with Gasteiger partial charge in [-0.15, -0.1) is 0 Å². The van der Waals surface area contributed by atoms with E-state index in [0.717, 1.165) is 5.56 Å². The van der Waals surface area contributed by atoms with E-state index in [2.05, 4.69) is 9.97 Å². The van der Waals surface area contributed by atoms with Crippen LogP contribution in [0.5, 0.6) is 11.5 Å². The van der Waals surface area contributed by atoms with Crippen LogP contribution in [0.3, 0.4) is 0 Å². The zero-order valence-corrected chi connectivity index (χ0v) is 12.0. The first-order chi connectivity index (χ1) is 10.0. The van der Waals surface area contributed by atoms with Crippen LogP contribution in [0, 0.1) is 0 Å². The Labute approximate surface area is 121 Å². The van der Waals surface area contributed by atoms with Crippen molar-refractivity contribution in [2.24, 2.45) is 0 Å². The van der Waals surface area contributed by atoms with E-state index in [-0.39, 0.29) is 11.5 Å². The molecule has 1 aliphatic rings. The first-order valence-electron chi connectivity index (χ1n) is 6.85. The van der Waals surface area contributed by atoms with Gasteiger partial charge in [-0.05, 0) is 12.1 Å². The molecule has 3 rings (SSSR count). The third kappa shape index (κ3) is 2.56. The van der Waals surface area contributed by atoms with E-state index in [0.29, 0.717) is 41.9 Å². The van der Waals surface area contributed by atoms with Crippen LogP contribution in [-0.4, -0.2) is 23.2 Å². The number of fused-ring (bicyclic) bond motifs is 1. The second-order valence-electron chi connectivity index (χ2n) is 5.26. The summed E-state index contributed by atoms with van der Waals surface area (Å²) in [5, 5.41) is 0. The standard InChI is InChI=1S/C15H17N3O3/c1-8(2)15-17-11(7-13(19)18-15)9-5-10(16)14-12(6-9)20-3-4-21-14/h5-8H,3-4,16H2,1-2H3,(H,17,18,19). The Morgan fingerprint density at radius 1 is 1.24 bits per heavy atom. The summed E-state index contributed by atoms with van der Waals surface area (Å²) < 4.78 is 11.0. The normalized spacial score (nSPS) is 13.5. The highest BCUT2D eigenvalue weighted by atomic mass is 16.6. The maximum atomic E-state index is 11.8. The molecule has 2 heterocycles. The summed E-state index contributed by atoms with van der Waals surface area (Å²) in [6.45, 7) is 4.91. The molecular formula is C15H17N3O3. The summed E-state index contributed by atoms with van der Waals surface area (Å²) in [6.07, 6.45) is 0. The minimum absolute atomic E-state index is 0.132. The second kappa shape index (κ2) is 5.12. The van der Waals surface area contributed by atoms with Gasteiger partial charge in [0.1, 0.15) is 19.0 Å². The minimum atomic E-state index is -0.183. The lowest BCUT2D eigenvalue weighted by Gasteiger charge is -2.20. The van der Waals surface area contributed by atoms with Gasteiger partial charge >= 0.3 is 0 Å². The lowest BCUT2D eigenvalue weighted by molar-refractivity contribution is 0.173. The van der Waals surface area contributed by atoms with Crippen molar-refractivity contribution in [1.29, 1.82) is 0 Å². The minimum Gasteiger partial charge on any atom is -0.486 e. The Bertz CT molecular complexity index is 737. The summed E-state index contributed by atoms with van der Waals surface area (Å²) in [5.41, 5.74) is 7.61. The van der Waals surface area contributed by atoms with Gasteiger partial charge in [-0.3, -0.25) is 4.79 Å². The van der Waals surface area contributed by atoms with Crippen molar-refractivity contribution < 1.29 is 9.47 Å². The average Bonchev–Trinajstić information content (AvgIpc) is 2.46. The van der Waals surface area contributed by atoms with E-state index in [9.17, 15) is 4.79 Å². The van der Waals surface area contributed by atoms with Gasteiger partial charge in [-0.25, -0.2) is 4.98 Å². The van der Waals surface area contributed by atoms with Crippen molar-refractivity contribution in [3.63, 3.8) is 0 Å². The highest BCUT2D eigenvalue weighted by Crippen LogP contribution is 2.39. The molecule has 1 aromatic carbocycles. The van der Waals surface area contributed by atoms with Crippen molar-refractivity contribution in [2.45, 2.75) is 19.8 Å². The third-order valence-corrected chi connectivity index (χ3v) is 3.27. The van der Waals surface area contributed by atoms with E-state index < -0.39 is 0 Å². The van der Waals surface area contributed by atoms with Crippen LogP contribution in [-0.2, 0) is 0 Å². The number of hydrogen-bond acceptors (Lipinski definition) is 5. The molecule has 0 aliphatic carbocycles. The number of aromatic amines is 1. The summed E-state index contributed by atoms with van der Waals surface area (Å²) in [5.74, 6) is 1.92. The van der Waals surface area contributed by atoms with Gasteiger partial charge in [0.2, 0.25) is 0 Å². The van der Waals surface area contributed by atoms with Crippen LogP contribution in [0.2, 0.25) is 0 Å². The SMILES string of the molecule is CC(C)c1nc(-c2cc(N)c3c(c2)OCCO3)cc(=O)[nH]1. The van der Waals surface area contributed by atoms with Crippen LogP contribution in [0.1, 0.15) is 25.6 Å². The van der Waals surface area contributed by atoms with E-state index in [1.54, 1.807) is 12.1 Å². The monoisotopic (exact) mass is 287 g/mol. The number of nitrogen functional groups attached to an aromatic ring is 1. The van der Waals surface area contributed by atoms with Crippen molar-refractivity contribution in [3.8, 4) is 22.8 Å². The number of nitrogens with zero attached hydrogens (tertiary/aromatic N) is 1. The molecule has 0 radical (unpaired) electrons. The fourth-order valence-corrected chi connectivity index (χ4v) is 2.23. The number of H-pyrrole nitrogens is 1. The molecule has 2 aromatic rings. The quantitative estimate of drug-likeness (QED) is 0.823. The first-order valence-corrected chi connectivity index (χ1v) is 6.85. The smallest absolute Gasteiger partial charge is 0.251 e.